The van der Waals surface area contributed by atoms with E-state index in [0.717, 1.165) is 31.5 Å². The molecule has 0 unspecified atom stereocenters. The third-order valence-corrected chi connectivity index (χ3v) is 2.67. The van der Waals surface area contributed by atoms with Gasteiger partial charge in [0.1, 0.15) is 0 Å². The Morgan fingerprint density at radius 1 is 1.40 bits per heavy atom. The molecule has 1 heterocycles. The maximum Gasteiger partial charge on any atom is 0.303 e. The Morgan fingerprint density at radius 3 is 2.65 bits per heavy atom. The summed E-state index contributed by atoms with van der Waals surface area (Å²) in [4.78, 5) is 14.7. The summed E-state index contributed by atoms with van der Waals surface area (Å²) >= 11 is 0. The van der Waals surface area contributed by atoms with Crippen LogP contribution < -0.4 is 11.5 Å². The molecule has 5 N–H and O–H groups in total. The molecule has 0 aliphatic carbocycles. The lowest BCUT2D eigenvalue weighted by atomic mass is 10.1. The van der Waals surface area contributed by atoms with Crippen LogP contribution in [0.2, 0.25) is 0 Å². The lowest BCUT2D eigenvalue weighted by molar-refractivity contribution is -0.136. The second-order valence-electron chi connectivity index (χ2n) is 4.16. The first-order valence-electron chi connectivity index (χ1n) is 6.78. The van der Waals surface area contributed by atoms with Crippen molar-refractivity contribution in [2.75, 3.05) is 7.05 Å². The zero-order chi connectivity index (χ0) is 15.8. The zero-order valence-electron chi connectivity index (χ0n) is 12.3. The number of allylic oxidation sites excluding steroid dienone is 1. The van der Waals surface area contributed by atoms with E-state index < -0.39 is 5.97 Å². The molecular formula is C15H27N3O2. The first-order chi connectivity index (χ1) is 9.68. The Labute approximate surface area is 122 Å². The number of carbonyl (C=O) groups is 1. The van der Waals surface area contributed by atoms with Crippen molar-refractivity contribution in [3.63, 3.8) is 0 Å². The average molecular weight is 281 g/mol. The van der Waals surface area contributed by atoms with Gasteiger partial charge in [-0.1, -0.05) is 18.6 Å². The van der Waals surface area contributed by atoms with Gasteiger partial charge in [0, 0.05) is 12.8 Å². The smallest absolute Gasteiger partial charge is 0.303 e. The molecule has 0 aromatic heterocycles. The van der Waals surface area contributed by atoms with Crippen LogP contribution in [0.3, 0.4) is 0 Å². The van der Waals surface area contributed by atoms with Crippen molar-refractivity contribution in [3.8, 4) is 12.8 Å². The highest BCUT2D eigenvalue weighted by molar-refractivity contribution is 5.80. The lowest BCUT2D eigenvalue weighted by Gasteiger charge is -2.06. The Balaban J connectivity index is 0. The third kappa shape index (κ3) is 12.7. The summed E-state index contributed by atoms with van der Waals surface area (Å²) in [6, 6.07) is 0.295. The second kappa shape index (κ2) is 15.3. The van der Waals surface area contributed by atoms with Gasteiger partial charge in [-0.05, 0) is 32.7 Å². The molecule has 0 radical (unpaired) electrons. The van der Waals surface area contributed by atoms with Crippen LogP contribution in [0.15, 0.2) is 17.1 Å². The standard InChI is InChI=1S/C12H20N2O2.C2H2.CH5N/c13-11-8-5-4-7-10(14-11)6-2-1-3-9-12(15)16;2*1-2/h1-2,10H,3-9H2,(H2,13,14)(H,15,16);1-2H;2H2,1H3/b2-1+;;/t10-;;/m1../s1. The predicted molar refractivity (Wildman–Crippen MR) is 84.5 cm³/mol. The molecule has 5 nitrogen and oxygen atoms in total. The van der Waals surface area contributed by atoms with E-state index in [4.69, 9.17) is 10.8 Å². The fraction of sp³-hybridized carbons (Fsp3) is 0.600. The number of nitrogens with two attached hydrogens (primary N) is 2. The molecule has 0 aromatic rings. The summed E-state index contributed by atoms with van der Waals surface area (Å²) < 4.78 is 0. The maximum atomic E-state index is 10.3. The molecule has 0 aromatic carbocycles. The van der Waals surface area contributed by atoms with E-state index >= 15 is 0 Å². The van der Waals surface area contributed by atoms with Gasteiger partial charge in [0.05, 0.1) is 11.9 Å². The summed E-state index contributed by atoms with van der Waals surface area (Å²) in [5, 5.41) is 8.46. The molecular weight excluding hydrogens is 254 g/mol. The van der Waals surface area contributed by atoms with Crippen molar-refractivity contribution in [3.05, 3.63) is 12.2 Å². The first-order valence-corrected chi connectivity index (χ1v) is 6.78. The van der Waals surface area contributed by atoms with E-state index in [1.165, 1.54) is 13.5 Å². The fourth-order valence-corrected chi connectivity index (χ4v) is 1.80. The summed E-state index contributed by atoms with van der Waals surface area (Å²) in [5.74, 6) is 0.0165. The molecule has 0 fully saturated rings. The third-order valence-electron chi connectivity index (χ3n) is 2.67. The molecule has 1 aliphatic heterocycles. The number of nitrogens with zero attached hydrogens (tertiary/aromatic N) is 1. The van der Waals surface area contributed by atoms with Crippen LogP contribution >= 0.6 is 0 Å². The van der Waals surface area contributed by atoms with Gasteiger partial charge in [0.2, 0.25) is 0 Å². The molecule has 0 bridgehead atoms. The Morgan fingerprint density at radius 2 is 2.05 bits per heavy atom. The minimum absolute atomic E-state index is 0.201. The minimum Gasteiger partial charge on any atom is -0.481 e. The van der Waals surface area contributed by atoms with Gasteiger partial charge in [-0.3, -0.25) is 9.79 Å². The van der Waals surface area contributed by atoms with Crippen LogP contribution in [-0.4, -0.2) is 30.0 Å². The first kappa shape index (κ1) is 20.5. The summed E-state index contributed by atoms with van der Waals surface area (Å²) in [5.41, 5.74) is 10.2. The number of rotatable bonds is 5. The lowest BCUT2D eigenvalue weighted by Crippen LogP contribution is -2.13. The number of terminal acetylenes is 1. The van der Waals surface area contributed by atoms with E-state index in [9.17, 15) is 4.79 Å². The number of carboxylic acids is 1. The highest BCUT2D eigenvalue weighted by Gasteiger charge is 2.09. The summed E-state index contributed by atoms with van der Waals surface area (Å²) in [6.45, 7) is 0. The van der Waals surface area contributed by atoms with E-state index in [1.807, 2.05) is 12.2 Å². The molecule has 5 heteroatoms. The van der Waals surface area contributed by atoms with Crippen molar-refractivity contribution in [1.29, 1.82) is 0 Å². The monoisotopic (exact) mass is 281 g/mol. The summed E-state index contributed by atoms with van der Waals surface area (Å²) in [6.07, 6.45) is 17.9. The molecule has 1 aliphatic rings. The number of aliphatic imine (C=N–C) groups is 1. The number of hydrogen-bond donors (Lipinski definition) is 3. The molecule has 0 spiro atoms. The van der Waals surface area contributed by atoms with Crippen molar-refractivity contribution < 1.29 is 9.90 Å². The Kier molecular flexibility index (Phi) is 15.7. The van der Waals surface area contributed by atoms with Gasteiger partial charge in [-0.2, -0.15) is 0 Å². The topological polar surface area (TPSA) is 102 Å². The predicted octanol–water partition coefficient (Wildman–Crippen LogP) is 1.92. The molecule has 0 saturated carbocycles. The fourth-order valence-electron chi connectivity index (χ4n) is 1.80. The Hall–Kier alpha value is -1.80. The van der Waals surface area contributed by atoms with Crippen LogP contribution in [0.4, 0.5) is 0 Å². The SMILES string of the molecule is C#C.CN.NC1=N[C@H](C/C=C/CCC(=O)O)CCCC1. The highest BCUT2D eigenvalue weighted by atomic mass is 16.4. The van der Waals surface area contributed by atoms with Crippen molar-refractivity contribution in [2.45, 2.75) is 51.0 Å². The average Bonchev–Trinajstić information content (AvgIpc) is 2.67. The number of carboxylic acid groups (broad SMARTS) is 1. The van der Waals surface area contributed by atoms with Gasteiger partial charge < -0.3 is 16.6 Å². The van der Waals surface area contributed by atoms with Crippen LogP contribution in [0, 0.1) is 12.8 Å². The number of amidine groups is 1. The van der Waals surface area contributed by atoms with E-state index in [0.29, 0.717) is 12.5 Å². The van der Waals surface area contributed by atoms with Crippen LogP contribution in [0.25, 0.3) is 0 Å². The number of aliphatic carboxylic acids is 1. The van der Waals surface area contributed by atoms with Crippen LogP contribution in [0.5, 0.6) is 0 Å². The van der Waals surface area contributed by atoms with Crippen LogP contribution in [0.1, 0.15) is 44.9 Å². The number of hydrogen-bond acceptors (Lipinski definition) is 4. The van der Waals surface area contributed by atoms with Gasteiger partial charge in [-0.15, -0.1) is 12.8 Å². The minimum atomic E-state index is -0.749. The highest BCUT2D eigenvalue weighted by Crippen LogP contribution is 2.15. The molecule has 20 heavy (non-hydrogen) atoms. The Bertz CT molecular complexity index is 322. The van der Waals surface area contributed by atoms with Crippen molar-refractivity contribution >= 4 is 11.8 Å². The summed E-state index contributed by atoms with van der Waals surface area (Å²) in [7, 11) is 1.50. The molecule has 1 atom stereocenters. The molecule has 1 rings (SSSR count). The zero-order valence-corrected chi connectivity index (χ0v) is 12.3. The maximum absolute atomic E-state index is 10.3. The van der Waals surface area contributed by atoms with Gasteiger partial charge in [-0.25, -0.2) is 0 Å². The second-order valence-corrected chi connectivity index (χ2v) is 4.16. The molecule has 0 saturated heterocycles. The van der Waals surface area contributed by atoms with E-state index in [-0.39, 0.29) is 6.42 Å². The quantitative estimate of drug-likeness (QED) is 0.529. The van der Waals surface area contributed by atoms with Gasteiger partial charge >= 0.3 is 5.97 Å². The van der Waals surface area contributed by atoms with Crippen LogP contribution in [-0.2, 0) is 4.79 Å². The van der Waals surface area contributed by atoms with Crippen molar-refractivity contribution in [2.24, 2.45) is 16.5 Å². The van der Waals surface area contributed by atoms with E-state index in [2.05, 4.69) is 23.6 Å². The van der Waals surface area contributed by atoms with Gasteiger partial charge in [0.15, 0.2) is 0 Å². The largest absolute Gasteiger partial charge is 0.481 e. The van der Waals surface area contributed by atoms with Crippen molar-refractivity contribution in [1.82, 2.24) is 0 Å². The molecule has 114 valence electrons. The van der Waals surface area contributed by atoms with Gasteiger partial charge in [0.25, 0.3) is 0 Å². The van der Waals surface area contributed by atoms with E-state index in [1.54, 1.807) is 0 Å². The molecule has 0 amide bonds. The normalized spacial score (nSPS) is 17.8.